The molecule has 1 N–H and O–H groups in total. The summed E-state index contributed by atoms with van der Waals surface area (Å²) < 4.78 is 0. The molecule has 0 bridgehead atoms. The molecule has 3 heterocycles. The molecule has 2 aliphatic heterocycles. The monoisotopic (exact) mass is 322 g/mol. The summed E-state index contributed by atoms with van der Waals surface area (Å²) in [7, 11) is 2.13. The highest BCUT2D eigenvalue weighted by Gasteiger charge is 2.25. The predicted octanol–water partition coefficient (Wildman–Crippen LogP) is 1.82. The van der Waals surface area contributed by atoms with Gasteiger partial charge in [0.2, 0.25) is 5.91 Å². The summed E-state index contributed by atoms with van der Waals surface area (Å²) in [5.74, 6) is 1.03. The fraction of sp³-hybridized carbons (Fsp3) is 0.750. The van der Waals surface area contributed by atoms with Crippen molar-refractivity contribution in [2.45, 2.75) is 25.7 Å². The van der Waals surface area contributed by atoms with Gasteiger partial charge in [-0.3, -0.25) is 4.79 Å². The first-order chi connectivity index (χ1) is 10.7. The molecule has 3 rings (SSSR count). The fourth-order valence-corrected chi connectivity index (χ4v) is 4.12. The Labute approximate surface area is 136 Å². The first-order valence-electron chi connectivity index (χ1n) is 8.33. The topological polar surface area (TPSA) is 48.5 Å². The Morgan fingerprint density at radius 2 is 2.18 bits per heavy atom. The second-order valence-electron chi connectivity index (χ2n) is 6.59. The normalized spacial score (nSPS) is 24.4. The van der Waals surface area contributed by atoms with Crippen LogP contribution in [0.3, 0.4) is 0 Å². The standard InChI is InChI=1S/C16H26N4OS/c1-19-8-4-14(5-9-19)15(21)18-11-13-3-2-7-20(12-13)16-17-6-10-22-16/h6,10,13-14H,2-5,7-9,11-12H2,1H3,(H,18,21). The lowest BCUT2D eigenvalue weighted by Gasteiger charge is -2.33. The molecule has 0 aromatic carbocycles. The molecule has 1 atom stereocenters. The predicted molar refractivity (Wildman–Crippen MR) is 90.3 cm³/mol. The number of nitrogens with zero attached hydrogens (tertiary/aromatic N) is 3. The summed E-state index contributed by atoms with van der Waals surface area (Å²) in [6.07, 6.45) is 6.26. The Balaban J connectivity index is 1.44. The van der Waals surface area contributed by atoms with Gasteiger partial charge in [-0.15, -0.1) is 11.3 Å². The maximum absolute atomic E-state index is 12.3. The van der Waals surface area contributed by atoms with Gasteiger partial charge in [0, 0.05) is 37.1 Å². The van der Waals surface area contributed by atoms with Crippen LogP contribution in [0.15, 0.2) is 11.6 Å². The molecule has 22 heavy (non-hydrogen) atoms. The van der Waals surface area contributed by atoms with Crippen molar-refractivity contribution in [3.63, 3.8) is 0 Å². The zero-order chi connectivity index (χ0) is 15.4. The van der Waals surface area contributed by atoms with Gasteiger partial charge in [-0.05, 0) is 51.7 Å². The Bertz CT molecular complexity index is 471. The van der Waals surface area contributed by atoms with Crippen molar-refractivity contribution in [2.75, 3.05) is 44.7 Å². The van der Waals surface area contributed by atoms with Crippen molar-refractivity contribution in [3.8, 4) is 0 Å². The van der Waals surface area contributed by atoms with Crippen molar-refractivity contribution in [3.05, 3.63) is 11.6 Å². The van der Waals surface area contributed by atoms with E-state index in [0.717, 1.165) is 50.7 Å². The molecule has 122 valence electrons. The molecule has 2 fully saturated rings. The number of aromatic nitrogens is 1. The summed E-state index contributed by atoms with van der Waals surface area (Å²) in [6.45, 7) is 5.00. The van der Waals surface area contributed by atoms with Crippen molar-refractivity contribution in [1.82, 2.24) is 15.2 Å². The largest absolute Gasteiger partial charge is 0.356 e. The molecule has 1 amide bonds. The first kappa shape index (κ1) is 15.7. The summed E-state index contributed by atoms with van der Waals surface area (Å²) in [4.78, 5) is 21.4. The van der Waals surface area contributed by atoms with Gasteiger partial charge < -0.3 is 15.1 Å². The number of piperidine rings is 2. The molecule has 0 aliphatic carbocycles. The van der Waals surface area contributed by atoms with Crippen LogP contribution in [0.5, 0.6) is 0 Å². The summed E-state index contributed by atoms with van der Waals surface area (Å²) in [6, 6.07) is 0. The second kappa shape index (κ2) is 7.42. The lowest BCUT2D eigenvalue weighted by molar-refractivity contribution is -0.126. The molecular formula is C16H26N4OS. The Morgan fingerprint density at radius 1 is 1.36 bits per heavy atom. The third-order valence-corrected chi connectivity index (χ3v) is 5.70. The van der Waals surface area contributed by atoms with Crippen LogP contribution >= 0.6 is 11.3 Å². The summed E-state index contributed by atoms with van der Waals surface area (Å²) in [5, 5.41) is 6.35. The molecule has 0 saturated carbocycles. The summed E-state index contributed by atoms with van der Waals surface area (Å²) in [5.41, 5.74) is 0. The molecule has 2 saturated heterocycles. The minimum absolute atomic E-state index is 0.217. The molecule has 1 unspecified atom stereocenters. The number of carbonyl (C=O) groups excluding carboxylic acids is 1. The van der Waals surface area contributed by atoms with E-state index in [2.05, 4.69) is 27.1 Å². The fourth-order valence-electron chi connectivity index (χ4n) is 3.44. The molecule has 0 radical (unpaired) electrons. The molecule has 5 nitrogen and oxygen atoms in total. The maximum Gasteiger partial charge on any atom is 0.223 e. The molecule has 2 aliphatic rings. The number of rotatable bonds is 4. The van der Waals surface area contributed by atoms with E-state index in [1.54, 1.807) is 11.3 Å². The minimum atomic E-state index is 0.217. The van der Waals surface area contributed by atoms with Crippen molar-refractivity contribution in [2.24, 2.45) is 11.8 Å². The van der Waals surface area contributed by atoms with Crippen LogP contribution in [0.25, 0.3) is 0 Å². The van der Waals surface area contributed by atoms with E-state index in [0.29, 0.717) is 5.92 Å². The van der Waals surface area contributed by atoms with Gasteiger partial charge in [-0.2, -0.15) is 0 Å². The van der Waals surface area contributed by atoms with Crippen LogP contribution in [-0.2, 0) is 4.79 Å². The first-order valence-corrected chi connectivity index (χ1v) is 9.21. The number of anilines is 1. The van der Waals surface area contributed by atoms with Gasteiger partial charge >= 0.3 is 0 Å². The van der Waals surface area contributed by atoms with E-state index in [9.17, 15) is 4.79 Å². The zero-order valence-corrected chi connectivity index (χ0v) is 14.1. The van der Waals surface area contributed by atoms with E-state index < -0.39 is 0 Å². The highest BCUT2D eigenvalue weighted by Crippen LogP contribution is 2.24. The van der Waals surface area contributed by atoms with Crippen molar-refractivity contribution < 1.29 is 4.79 Å². The molecule has 1 aromatic rings. The number of amides is 1. The third-order valence-electron chi connectivity index (χ3n) is 4.86. The van der Waals surface area contributed by atoms with Crippen LogP contribution in [0.1, 0.15) is 25.7 Å². The Hall–Kier alpha value is -1.14. The number of hydrogen-bond donors (Lipinski definition) is 1. The highest BCUT2D eigenvalue weighted by atomic mass is 32.1. The van der Waals surface area contributed by atoms with Gasteiger partial charge in [0.1, 0.15) is 0 Å². The Morgan fingerprint density at radius 3 is 2.91 bits per heavy atom. The lowest BCUT2D eigenvalue weighted by Crippen LogP contribution is -2.44. The number of hydrogen-bond acceptors (Lipinski definition) is 5. The van der Waals surface area contributed by atoms with E-state index in [4.69, 9.17) is 0 Å². The smallest absolute Gasteiger partial charge is 0.223 e. The molecule has 0 spiro atoms. The number of likely N-dealkylation sites (tertiary alicyclic amines) is 1. The lowest BCUT2D eigenvalue weighted by atomic mass is 9.95. The van der Waals surface area contributed by atoms with E-state index >= 15 is 0 Å². The van der Waals surface area contributed by atoms with Crippen LogP contribution in [0.2, 0.25) is 0 Å². The average Bonchev–Trinajstić information content (AvgIpc) is 3.08. The molecular weight excluding hydrogens is 296 g/mol. The number of thiazole rings is 1. The molecule has 6 heteroatoms. The second-order valence-corrected chi connectivity index (χ2v) is 7.46. The van der Waals surface area contributed by atoms with E-state index in [-0.39, 0.29) is 11.8 Å². The number of nitrogens with one attached hydrogen (secondary N) is 1. The quantitative estimate of drug-likeness (QED) is 0.918. The number of carbonyl (C=O) groups is 1. The summed E-state index contributed by atoms with van der Waals surface area (Å²) >= 11 is 1.70. The van der Waals surface area contributed by atoms with Crippen LogP contribution in [0, 0.1) is 11.8 Å². The van der Waals surface area contributed by atoms with E-state index in [1.165, 1.54) is 12.8 Å². The van der Waals surface area contributed by atoms with Gasteiger partial charge in [-0.25, -0.2) is 4.98 Å². The van der Waals surface area contributed by atoms with Crippen molar-refractivity contribution in [1.29, 1.82) is 0 Å². The van der Waals surface area contributed by atoms with Gasteiger partial charge in [0.05, 0.1) is 0 Å². The van der Waals surface area contributed by atoms with Gasteiger partial charge in [0.15, 0.2) is 5.13 Å². The van der Waals surface area contributed by atoms with E-state index in [1.807, 2.05) is 11.6 Å². The maximum atomic E-state index is 12.3. The van der Waals surface area contributed by atoms with Crippen LogP contribution < -0.4 is 10.2 Å². The van der Waals surface area contributed by atoms with Crippen LogP contribution in [-0.4, -0.2) is 55.6 Å². The molecule has 1 aromatic heterocycles. The van der Waals surface area contributed by atoms with Gasteiger partial charge in [-0.1, -0.05) is 0 Å². The third kappa shape index (κ3) is 3.98. The minimum Gasteiger partial charge on any atom is -0.356 e. The average molecular weight is 322 g/mol. The van der Waals surface area contributed by atoms with Crippen molar-refractivity contribution >= 4 is 22.4 Å². The zero-order valence-electron chi connectivity index (χ0n) is 13.3. The van der Waals surface area contributed by atoms with Gasteiger partial charge in [0.25, 0.3) is 0 Å². The highest BCUT2D eigenvalue weighted by molar-refractivity contribution is 7.13. The Kier molecular flexibility index (Phi) is 5.31. The van der Waals surface area contributed by atoms with Crippen LogP contribution in [0.4, 0.5) is 5.13 Å². The SMILES string of the molecule is CN1CCC(C(=O)NCC2CCCN(c3nccs3)C2)CC1.